The van der Waals surface area contributed by atoms with E-state index >= 15 is 0 Å². The van der Waals surface area contributed by atoms with Crippen LogP contribution < -0.4 is 10.1 Å². The lowest BCUT2D eigenvalue weighted by molar-refractivity contribution is -0.135. The van der Waals surface area contributed by atoms with Gasteiger partial charge in [0.1, 0.15) is 5.75 Å². The molecule has 1 N–H and O–H groups in total. The lowest BCUT2D eigenvalue weighted by Crippen LogP contribution is -2.44. The molecule has 1 saturated carbocycles. The Balaban J connectivity index is 1.65. The molecule has 2 aliphatic rings. The molecule has 1 aromatic carbocycles. The van der Waals surface area contributed by atoms with Crippen LogP contribution in [-0.4, -0.2) is 36.4 Å². The van der Waals surface area contributed by atoms with Gasteiger partial charge >= 0.3 is 0 Å². The Hall–Kier alpha value is -1.75. The largest absolute Gasteiger partial charge is 0.492 e. The van der Waals surface area contributed by atoms with Crippen LogP contribution in [0.1, 0.15) is 32.6 Å². The van der Waals surface area contributed by atoms with Crippen molar-refractivity contribution in [3.8, 4) is 5.75 Å². The van der Waals surface area contributed by atoms with E-state index in [1.807, 2.05) is 11.8 Å². The van der Waals surface area contributed by atoms with Gasteiger partial charge in [-0.2, -0.15) is 0 Å². The Kier molecular flexibility index (Phi) is 5.29. The maximum atomic E-state index is 12.6. The van der Waals surface area contributed by atoms with Crippen LogP contribution in [0.3, 0.4) is 0 Å². The monoisotopic (exact) mass is 350 g/mol. The molecule has 0 bridgehead atoms. The molecule has 5 nitrogen and oxygen atoms in total. The maximum absolute atomic E-state index is 12.6. The van der Waals surface area contributed by atoms with E-state index in [0.29, 0.717) is 29.6 Å². The number of nitrogens with one attached hydrogen (secondary N) is 1. The SMILES string of the molecule is CCOc1ccc(Cl)cc1NC(=O)C1CCCN(C(=O)C2CC2)C1. The summed E-state index contributed by atoms with van der Waals surface area (Å²) in [6.07, 6.45) is 3.65. The van der Waals surface area contributed by atoms with E-state index in [-0.39, 0.29) is 23.7 Å². The number of rotatable bonds is 5. The van der Waals surface area contributed by atoms with Gasteiger partial charge in [-0.1, -0.05) is 11.6 Å². The number of nitrogens with zero attached hydrogens (tertiary/aromatic N) is 1. The first-order valence-electron chi connectivity index (χ1n) is 8.60. The van der Waals surface area contributed by atoms with Gasteiger partial charge in [0.25, 0.3) is 0 Å². The van der Waals surface area contributed by atoms with E-state index in [1.54, 1.807) is 18.2 Å². The fourth-order valence-electron chi connectivity index (χ4n) is 3.10. The smallest absolute Gasteiger partial charge is 0.229 e. The number of carbonyl (C=O) groups is 2. The van der Waals surface area contributed by atoms with Crippen LogP contribution in [0.5, 0.6) is 5.75 Å². The summed E-state index contributed by atoms with van der Waals surface area (Å²) in [5, 5.41) is 3.47. The molecule has 1 saturated heterocycles. The molecule has 3 rings (SSSR count). The number of benzene rings is 1. The summed E-state index contributed by atoms with van der Waals surface area (Å²) < 4.78 is 5.54. The van der Waals surface area contributed by atoms with Crippen LogP contribution in [0.2, 0.25) is 5.02 Å². The Morgan fingerprint density at radius 1 is 1.29 bits per heavy atom. The molecule has 2 amide bonds. The van der Waals surface area contributed by atoms with Crippen LogP contribution in [-0.2, 0) is 9.59 Å². The Morgan fingerprint density at radius 3 is 2.79 bits per heavy atom. The summed E-state index contributed by atoms with van der Waals surface area (Å²) in [5.74, 6) is 0.757. The molecule has 1 aromatic rings. The van der Waals surface area contributed by atoms with Gasteiger partial charge in [-0.05, 0) is 50.8 Å². The van der Waals surface area contributed by atoms with Crippen LogP contribution in [0.15, 0.2) is 18.2 Å². The van der Waals surface area contributed by atoms with Crippen molar-refractivity contribution in [1.29, 1.82) is 0 Å². The fourth-order valence-corrected chi connectivity index (χ4v) is 3.27. The number of amides is 2. The summed E-state index contributed by atoms with van der Waals surface area (Å²) in [6.45, 7) is 3.67. The quantitative estimate of drug-likeness (QED) is 0.886. The summed E-state index contributed by atoms with van der Waals surface area (Å²) in [7, 11) is 0. The molecular weight excluding hydrogens is 328 g/mol. The van der Waals surface area contributed by atoms with E-state index in [2.05, 4.69) is 5.32 Å². The first kappa shape index (κ1) is 17.1. The predicted octanol–water partition coefficient (Wildman–Crippen LogP) is 3.33. The second-order valence-corrected chi connectivity index (χ2v) is 6.90. The molecular formula is C18H23ClN2O3. The standard InChI is InChI=1S/C18H23ClN2O3/c1-2-24-16-8-7-14(19)10-15(16)20-17(22)13-4-3-9-21(11-13)18(23)12-5-6-12/h7-8,10,12-13H,2-6,9,11H2,1H3,(H,20,22). The molecule has 1 atom stereocenters. The third-order valence-corrected chi connectivity index (χ3v) is 4.76. The van der Waals surface area contributed by atoms with Crippen LogP contribution in [0, 0.1) is 11.8 Å². The molecule has 6 heteroatoms. The van der Waals surface area contributed by atoms with Crippen molar-refractivity contribution in [3.05, 3.63) is 23.2 Å². The van der Waals surface area contributed by atoms with Crippen LogP contribution in [0.25, 0.3) is 0 Å². The van der Waals surface area contributed by atoms with Gasteiger partial charge in [0.15, 0.2) is 0 Å². The number of anilines is 1. The van der Waals surface area contributed by atoms with Crippen molar-refractivity contribution in [2.45, 2.75) is 32.6 Å². The van der Waals surface area contributed by atoms with Gasteiger partial charge in [0.2, 0.25) is 11.8 Å². The number of ether oxygens (including phenoxy) is 1. The topological polar surface area (TPSA) is 58.6 Å². The van der Waals surface area contributed by atoms with Gasteiger partial charge in [-0.15, -0.1) is 0 Å². The predicted molar refractivity (Wildman–Crippen MR) is 93.3 cm³/mol. The summed E-state index contributed by atoms with van der Waals surface area (Å²) in [5.41, 5.74) is 0.583. The first-order valence-corrected chi connectivity index (χ1v) is 8.98. The highest BCUT2D eigenvalue weighted by atomic mass is 35.5. The minimum atomic E-state index is -0.185. The zero-order valence-electron chi connectivity index (χ0n) is 13.9. The van der Waals surface area contributed by atoms with E-state index in [4.69, 9.17) is 16.3 Å². The minimum Gasteiger partial charge on any atom is -0.492 e. The lowest BCUT2D eigenvalue weighted by Gasteiger charge is -2.32. The summed E-state index contributed by atoms with van der Waals surface area (Å²) >= 11 is 6.03. The highest BCUT2D eigenvalue weighted by Gasteiger charge is 2.36. The Bertz CT molecular complexity index is 631. The van der Waals surface area contributed by atoms with Crippen molar-refractivity contribution >= 4 is 29.1 Å². The third kappa shape index (κ3) is 4.01. The fraction of sp³-hybridized carbons (Fsp3) is 0.556. The number of carbonyl (C=O) groups excluding carboxylic acids is 2. The van der Waals surface area contributed by atoms with E-state index in [1.165, 1.54) is 0 Å². The van der Waals surface area contributed by atoms with E-state index in [0.717, 1.165) is 32.2 Å². The van der Waals surface area contributed by atoms with E-state index in [9.17, 15) is 9.59 Å². The van der Waals surface area contributed by atoms with E-state index < -0.39 is 0 Å². The molecule has 130 valence electrons. The first-order chi connectivity index (χ1) is 11.6. The molecule has 1 unspecified atom stereocenters. The van der Waals surface area contributed by atoms with Gasteiger partial charge in [0.05, 0.1) is 18.2 Å². The van der Waals surface area contributed by atoms with Gasteiger partial charge in [-0.25, -0.2) is 0 Å². The molecule has 0 spiro atoms. The molecule has 1 heterocycles. The van der Waals surface area contributed by atoms with Gasteiger partial charge in [-0.3, -0.25) is 9.59 Å². The summed E-state index contributed by atoms with van der Waals surface area (Å²) in [6, 6.07) is 5.19. The summed E-state index contributed by atoms with van der Waals surface area (Å²) in [4.78, 5) is 26.7. The Labute approximate surface area is 147 Å². The number of likely N-dealkylation sites (tertiary alicyclic amines) is 1. The molecule has 0 radical (unpaired) electrons. The minimum absolute atomic E-state index is 0.0773. The van der Waals surface area contributed by atoms with Crippen molar-refractivity contribution in [1.82, 2.24) is 4.90 Å². The van der Waals surface area contributed by atoms with Gasteiger partial charge < -0.3 is 15.0 Å². The molecule has 2 fully saturated rings. The number of hydrogen-bond donors (Lipinski definition) is 1. The lowest BCUT2D eigenvalue weighted by atomic mass is 9.96. The van der Waals surface area contributed by atoms with Crippen molar-refractivity contribution < 1.29 is 14.3 Å². The van der Waals surface area contributed by atoms with Crippen molar-refractivity contribution in [3.63, 3.8) is 0 Å². The molecule has 0 aromatic heterocycles. The highest BCUT2D eigenvalue weighted by Crippen LogP contribution is 2.33. The molecule has 24 heavy (non-hydrogen) atoms. The van der Waals surface area contributed by atoms with Gasteiger partial charge in [0, 0.05) is 24.0 Å². The van der Waals surface area contributed by atoms with Crippen molar-refractivity contribution in [2.24, 2.45) is 11.8 Å². The van der Waals surface area contributed by atoms with Crippen LogP contribution >= 0.6 is 11.6 Å². The second-order valence-electron chi connectivity index (χ2n) is 6.46. The third-order valence-electron chi connectivity index (χ3n) is 4.53. The number of halogens is 1. The second kappa shape index (κ2) is 7.43. The molecule has 1 aliphatic heterocycles. The average Bonchev–Trinajstić information content (AvgIpc) is 3.42. The normalized spacial score (nSPS) is 20.6. The Morgan fingerprint density at radius 2 is 2.08 bits per heavy atom. The van der Waals surface area contributed by atoms with Crippen molar-refractivity contribution in [2.75, 3.05) is 25.0 Å². The maximum Gasteiger partial charge on any atom is 0.229 e. The van der Waals surface area contributed by atoms with Crippen LogP contribution in [0.4, 0.5) is 5.69 Å². The zero-order chi connectivity index (χ0) is 17.1. The number of piperidine rings is 1. The number of hydrogen-bond acceptors (Lipinski definition) is 3. The highest BCUT2D eigenvalue weighted by molar-refractivity contribution is 6.31. The average molecular weight is 351 g/mol. The molecule has 1 aliphatic carbocycles. The zero-order valence-corrected chi connectivity index (χ0v) is 14.6.